The van der Waals surface area contributed by atoms with Crippen molar-refractivity contribution in [2.24, 2.45) is 0 Å². The number of nitrogens with zero attached hydrogens (tertiary/aromatic N) is 2. The standard InChI is InChI=1S/C35H42N2O9/c1-41-18-6-16-37-31-19-25(9-14-32(31)46-24-34(37)38)21-45-33-20-36(35(39)40)17-15-30(33)26-10-12-28(13-11-26)44-23-29(42-2)22-43-27-7-4-3-5-8-27/h3-5,7-14,19,29-30,33H,6,15-18,20-24H2,1-2H3,(H,39,40)/t29-,30?,33?/m1/s1. The number of carboxylic acid groups (broad SMARTS) is 1. The first-order valence-corrected chi connectivity index (χ1v) is 15.5. The van der Waals surface area contributed by atoms with Gasteiger partial charge >= 0.3 is 6.09 Å². The van der Waals surface area contributed by atoms with Crippen LogP contribution in [0, 0.1) is 0 Å². The molecule has 1 fully saturated rings. The Morgan fingerprint density at radius 2 is 1.74 bits per heavy atom. The largest absolute Gasteiger partial charge is 0.491 e. The number of benzene rings is 3. The van der Waals surface area contributed by atoms with Crippen LogP contribution < -0.4 is 19.1 Å². The van der Waals surface area contributed by atoms with E-state index in [1.54, 1.807) is 19.1 Å². The van der Waals surface area contributed by atoms with Gasteiger partial charge in [-0.3, -0.25) is 4.79 Å². The Labute approximate surface area is 269 Å². The number of carbonyl (C=O) groups excluding carboxylic acids is 1. The number of amides is 2. The molecule has 11 heteroatoms. The zero-order chi connectivity index (χ0) is 32.3. The summed E-state index contributed by atoms with van der Waals surface area (Å²) in [6, 6.07) is 23.1. The molecule has 2 heterocycles. The first-order valence-electron chi connectivity index (χ1n) is 15.5. The summed E-state index contributed by atoms with van der Waals surface area (Å²) in [5.74, 6) is 2.01. The summed E-state index contributed by atoms with van der Waals surface area (Å²) in [5.41, 5.74) is 2.62. The van der Waals surface area contributed by atoms with Gasteiger partial charge in [-0.15, -0.1) is 0 Å². The predicted molar refractivity (Wildman–Crippen MR) is 171 cm³/mol. The van der Waals surface area contributed by atoms with Crippen molar-refractivity contribution in [2.45, 2.75) is 37.6 Å². The van der Waals surface area contributed by atoms with Crippen molar-refractivity contribution in [1.82, 2.24) is 4.90 Å². The molecular formula is C35H42N2O9. The van der Waals surface area contributed by atoms with Crippen molar-refractivity contribution in [3.8, 4) is 17.2 Å². The quantitative estimate of drug-likeness (QED) is 0.231. The molecule has 246 valence electrons. The van der Waals surface area contributed by atoms with Crippen LogP contribution in [0.2, 0.25) is 0 Å². The summed E-state index contributed by atoms with van der Waals surface area (Å²) >= 11 is 0. The third-order valence-electron chi connectivity index (χ3n) is 8.25. The maximum absolute atomic E-state index is 12.6. The van der Waals surface area contributed by atoms with Gasteiger partial charge in [-0.05, 0) is 60.4 Å². The molecule has 2 aliphatic heterocycles. The van der Waals surface area contributed by atoms with Crippen molar-refractivity contribution >= 4 is 17.7 Å². The maximum atomic E-state index is 12.6. The lowest BCUT2D eigenvalue weighted by Crippen LogP contribution is -2.46. The fourth-order valence-corrected chi connectivity index (χ4v) is 5.68. The third kappa shape index (κ3) is 8.68. The van der Waals surface area contributed by atoms with E-state index in [1.165, 1.54) is 4.90 Å². The van der Waals surface area contributed by atoms with Gasteiger partial charge in [0.25, 0.3) is 5.91 Å². The average molecular weight is 635 g/mol. The molecule has 3 aromatic carbocycles. The van der Waals surface area contributed by atoms with Crippen LogP contribution in [0.4, 0.5) is 10.5 Å². The predicted octanol–water partition coefficient (Wildman–Crippen LogP) is 4.97. The molecule has 1 N–H and O–H groups in total. The van der Waals surface area contributed by atoms with Crippen molar-refractivity contribution in [3.05, 3.63) is 83.9 Å². The molecule has 3 aromatic rings. The van der Waals surface area contributed by atoms with Crippen LogP contribution in [0.5, 0.6) is 17.2 Å². The van der Waals surface area contributed by atoms with Crippen molar-refractivity contribution in [2.75, 3.05) is 65.2 Å². The molecule has 0 saturated carbocycles. The van der Waals surface area contributed by atoms with Gasteiger partial charge in [0.15, 0.2) is 6.61 Å². The third-order valence-corrected chi connectivity index (χ3v) is 8.25. The highest BCUT2D eigenvalue weighted by Crippen LogP contribution is 2.35. The lowest BCUT2D eigenvalue weighted by atomic mass is 9.87. The molecule has 0 aliphatic carbocycles. The summed E-state index contributed by atoms with van der Waals surface area (Å²) in [7, 11) is 3.27. The monoisotopic (exact) mass is 634 g/mol. The van der Waals surface area contributed by atoms with Crippen LogP contribution in [0.25, 0.3) is 0 Å². The lowest BCUT2D eigenvalue weighted by molar-refractivity contribution is -0.121. The van der Waals surface area contributed by atoms with E-state index >= 15 is 0 Å². The fourth-order valence-electron chi connectivity index (χ4n) is 5.68. The molecule has 5 rings (SSSR count). The number of methoxy groups -OCH3 is 2. The Morgan fingerprint density at radius 3 is 2.43 bits per heavy atom. The van der Waals surface area contributed by atoms with Crippen LogP contribution in [-0.2, 0) is 25.6 Å². The fraction of sp³-hybridized carbons (Fsp3) is 0.429. The van der Waals surface area contributed by atoms with Gasteiger partial charge in [-0.2, -0.15) is 0 Å². The van der Waals surface area contributed by atoms with Crippen LogP contribution in [0.15, 0.2) is 72.8 Å². The molecule has 0 spiro atoms. The first-order chi connectivity index (χ1) is 22.4. The van der Waals surface area contributed by atoms with Crippen molar-refractivity contribution in [1.29, 1.82) is 0 Å². The summed E-state index contributed by atoms with van der Waals surface area (Å²) in [6.07, 6.45) is -0.244. The van der Waals surface area contributed by atoms with Gasteiger partial charge in [0.2, 0.25) is 0 Å². The highest BCUT2D eigenvalue weighted by Gasteiger charge is 2.33. The number of carbonyl (C=O) groups is 2. The Hall–Kier alpha value is -4.32. The van der Waals surface area contributed by atoms with E-state index in [9.17, 15) is 14.7 Å². The SMILES string of the molecule is COCCCN1C(=O)COc2ccc(COC3CN(C(=O)O)CCC3c3ccc(OC[C@@H](COc4ccccc4)OC)cc3)cc21. The minimum Gasteiger partial charge on any atom is -0.491 e. The number of hydrogen-bond acceptors (Lipinski definition) is 8. The summed E-state index contributed by atoms with van der Waals surface area (Å²) < 4.78 is 34.6. The second-order valence-electron chi connectivity index (χ2n) is 11.3. The number of likely N-dealkylation sites (tertiary alicyclic amines) is 1. The van der Waals surface area contributed by atoms with Gasteiger partial charge in [-0.1, -0.05) is 36.4 Å². The molecule has 0 radical (unpaired) electrons. The number of fused-ring (bicyclic) bond motifs is 1. The van der Waals surface area contributed by atoms with Gasteiger partial charge < -0.3 is 43.3 Å². The maximum Gasteiger partial charge on any atom is 0.407 e. The first kappa shape index (κ1) is 33.1. The zero-order valence-electron chi connectivity index (χ0n) is 26.3. The summed E-state index contributed by atoms with van der Waals surface area (Å²) in [6.45, 7) is 2.70. The highest BCUT2D eigenvalue weighted by molar-refractivity contribution is 5.97. The molecule has 2 aliphatic rings. The number of hydrogen-bond donors (Lipinski definition) is 1. The number of ether oxygens (including phenoxy) is 6. The van der Waals surface area contributed by atoms with E-state index in [4.69, 9.17) is 28.4 Å². The second kappa shape index (κ2) is 16.3. The molecule has 2 amide bonds. The average Bonchev–Trinajstić information content (AvgIpc) is 3.09. The Balaban J connectivity index is 1.21. The van der Waals surface area contributed by atoms with E-state index < -0.39 is 6.09 Å². The second-order valence-corrected chi connectivity index (χ2v) is 11.3. The smallest absolute Gasteiger partial charge is 0.407 e. The van der Waals surface area contributed by atoms with Gasteiger partial charge in [0.1, 0.15) is 36.6 Å². The number of anilines is 1. The zero-order valence-corrected chi connectivity index (χ0v) is 26.3. The van der Waals surface area contributed by atoms with Gasteiger partial charge in [-0.25, -0.2) is 4.79 Å². The molecule has 1 saturated heterocycles. The lowest BCUT2D eigenvalue weighted by Gasteiger charge is -2.37. The van der Waals surface area contributed by atoms with E-state index in [-0.39, 0.29) is 43.8 Å². The minimum atomic E-state index is -0.962. The van der Waals surface area contributed by atoms with Crippen LogP contribution in [0.3, 0.4) is 0 Å². The number of rotatable bonds is 15. The summed E-state index contributed by atoms with van der Waals surface area (Å²) in [4.78, 5) is 27.6. The van der Waals surface area contributed by atoms with Gasteiger partial charge in [0.05, 0.1) is 24.9 Å². The molecule has 11 nitrogen and oxygen atoms in total. The molecular weight excluding hydrogens is 592 g/mol. The van der Waals surface area contributed by atoms with Crippen molar-refractivity contribution < 1.29 is 43.1 Å². The van der Waals surface area contributed by atoms with E-state index in [0.29, 0.717) is 62.9 Å². The topological polar surface area (TPSA) is 116 Å². The van der Waals surface area contributed by atoms with Crippen LogP contribution in [-0.4, -0.2) is 94.5 Å². The molecule has 0 bridgehead atoms. The molecule has 0 aromatic heterocycles. The molecule has 46 heavy (non-hydrogen) atoms. The minimum absolute atomic E-state index is 0.00404. The number of piperidine rings is 1. The van der Waals surface area contributed by atoms with E-state index in [0.717, 1.165) is 16.9 Å². The summed E-state index contributed by atoms with van der Waals surface area (Å²) in [5, 5.41) is 9.71. The molecule has 3 atom stereocenters. The van der Waals surface area contributed by atoms with Gasteiger partial charge in [0, 0.05) is 39.8 Å². The van der Waals surface area contributed by atoms with E-state index in [1.807, 2.05) is 72.8 Å². The van der Waals surface area contributed by atoms with Crippen LogP contribution >= 0.6 is 0 Å². The highest BCUT2D eigenvalue weighted by atomic mass is 16.6. The van der Waals surface area contributed by atoms with E-state index in [2.05, 4.69) is 0 Å². The molecule has 2 unspecified atom stereocenters. The Morgan fingerprint density at radius 1 is 1.00 bits per heavy atom. The Bertz CT molecular complexity index is 1420. The normalized spacial score (nSPS) is 18.4. The Kier molecular flexibility index (Phi) is 11.7. The van der Waals surface area contributed by atoms with Crippen molar-refractivity contribution in [3.63, 3.8) is 0 Å². The number of para-hydroxylation sites is 1. The van der Waals surface area contributed by atoms with Crippen LogP contribution in [0.1, 0.15) is 29.9 Å².